The number of nitrogens with zero attached hydrogens (tertiary/aromatic N) is 3. The second-order valence-corrected chi connectivity index (χ2v) is 5.28. The average molecular weight is 334 g/mol. The maximum atomic E-state index is 12.4. The van der Waals surface area contributed by atoms with Gasteiger partial charge in [0.1, 0.15) is 5.75 Å². The number of fused-ring (bicyclic) bond motifs is 1. The lowest BCUT2D eigenvalue weighted by atomic mass is 10.2. The fourth-order valence-electron chi connectivity index (χ4n) is 2.58. The van der Waals surface area contributed by atoms with Gasteiger partial charge in [0.25, 0.3) is 5.91 Å². The van der Waals surface area contributed by atoms with E-state index in [1.165, 1.54) is 0 Å². The van der Waals surface area contributed by atoms with E-state index in [0.29, 0.717) is 17.3 Å². The van der Waals surface area contributed by atoms with Crippen LogP contribution in [0.2, 0.25) is 0 Å². The first-order valence-electron chi connectivity index (χ1n) is 7.56. The Morgan fingerprint density at radius 2 is 1.84 bits per heavy atom. The quantitative estimate of drug-likeness (QED) is 0.531. The van der Waals surface area contributed by atoms with Gasteiger partial charge >= 0.3 is 0 Å². The molecule has 0 spiro atoms. The zero-order valence-electron chi connectivity index (χ0n) is 13.3. The standard InChI is InChI=1S/C17H14N6O2/c1-25-13-9-5-3-7-11(13)15-18-17(23-22-15)19-16(24)14-10-6-2-4-8-12(10)20-21-14/h2-9H,1H3,(H,20,21)(H2,18,19,22,23,24). The number of para-hydroxylation sites is 2. The van der Waals surface area contributed by atoms with Gasteiger partial charge in [0.05, 0.1) is 18.2 Å². The second kappa shape index (κ2) is 6.08. The minimum atomic E-state index is -0.386. The number of methoxy groups -OCH3 is 1. The van der Waals surface area contributed by atoms with Crippen LogP contribution in [-0.4, -0.2) is 38.4 Å². The van der Waals surface area contributed by atoms with Crippen LogP contribution in [0.4, 0.5) is 5.95 Å². The van der Waals surface area contributed by atoms with Crippen molar-refractivity contribution in [3.05, 3.63) is 54.2 Å². The van der Waals surface area contributed by atoms with Gasteiger partial charge in [-0.25, -0.2) is 0 Å². The zero-order chi connectivity index (χ0) is 17.2. The van der Waals surface area contributed by atoms with Crippen molar-refractivity contribution in [1.29, 1.82) is 0 Å². The number of nitrogens with one attached hydrogen (secondary N) is 3. The molecule has 4 aromatic rings. The van der Waals surface area contributed by atoms with E-state index in [4.69, 9.17) is 4.74 Å². The van der Waals surface area contributed by atoms with Crippen LogP contribution >= 0.6 is 0 Å². The maximum absolute atomic E-state index is 12.4. The fraction of sp³-hybridized carbons (Fsp3) is 0.0588. The van der Waals surface area contributed by atoms with Crippen molar-refractivity contribution in [2.45, 2.75) is 0 Å². The molecule has 0 fully saturated rings. The maximum Gasteiger partial charge on any atom is 0.279 e. The minimum Gasteiger partial charge on any atom is -0.496 e. The van der Waals surface area contributed by atoms with E-state index in [9.17, 15) is 4.79 Å². The molecule has 2 aromatic carbocycles. The molecule has 2 aromatic heterocycles. The molecule has 0 unspecified atom stereocenters. The summed E-state index contributed by atoms with van der Waals surface area (Å²) in [5, 5.41) is 17.1. The Morgan fingerprint density at radius 3 is 2.72 bits per heavy atom. The third kappa shape index (κ3) is 2.69. The SMILES string of the molecule is COc1ccccc1-c1nc(NC(=O)c2n[nH]c3ccccc23)n[nH]1. The summed E-state index contributed by atoms with van der Waals surface area (Å²) >= 11 is 0. The highest BCUT2D eigenvalue weighted by atomic mass is 16.5. The highest BCUT2D eigenvalue weighted by molar-refractivity contribution is 6.10. The van der Waals surface area contributed by atoms with E-state index in [-0.39, 0.29) is 11.9 Å². The largest absolute Gasteiger partial charge is 0.496 e. The number of hydrogen-bond donors (Lipinski definition) is 3. The summed E-state index contributed by atoms with van der Waals surface area (Å²) in [6, 6.07) is 14.8. The molecule has 124 valence electrons. The van der Waals surface area contributed by atoms with Gasteiger partial charge in [0.2, 0.25) is 5.95 Å². The third-order valence-corrected chi connectivity index (χ3v) is 3.76. The molecular formula is C17H14N6O2. The first-order chi connectivity index (χ1) is 12.3. The van der Waals surface area contributed by atoms with E-state index in [1.54, 1.807) is 7.11 Å². The first kappa shape index (κ1) is 14.9. The number of amides is 1. The van der Waals surface area contributed by atoms with Crippen LogP contribution in [0.5, 0.6) is 5.75 Å². The van der Waals surface area contributed by atoms with Gasteiger partial charge in [0, 0.05) is 5.39 Å². The molecule has 0 atom stereocenters. The summed E-state index contributed by atoms with van der Waals surface area (Å²) in [6.07, 6.45) is 0. The van der Waals surface area contributed by atoms with Crippen LogP contribution < -0.4 is 10.1 Å². The molecule has 2 heterocycles. The fourth-order valence-corrected chi connectivity index (χ4v) is 2.58. The summed E-state index contributed by atoms with van der Waals surface area (Å²) < 4.78 is 5.31. The minimum absolute atomic E-state index is 0.165. The summed E-state index contributed by atoms with van der Waals surface area (Å²) in [6.45, 7) is 0. The van der Waals surface area contributed by atoms with Crippen molar-refractivity contribution in [3.63, 3.8) is 0 Å². The van der Waals surface area contributed by atoms with Gasteiger partial charge in [-0.1, -0.05) is 30.3 Å². The molecule has 8 nitrogen and oxygen atoms in total. The van der Waals surface area contributed by atoms with Crippen molar-refractivity contribution in [2.24, 2.45) is 0 Å². The van der Waals surface area contributed by atoms with Gasteiger partial charge in [-0.05, 0) is 18.2 Å². The van der Waals surface area contributed by atoms with E-state index in [0.717, 1.165) is 16.5 Å². The molecule has 0 aliphatic rings. The van der Waals surface area contributed by atoms with Gasteiger partial charge in [-0.15, -0.1) is 5.10 Å². The molecule has 0 saturated heterocycles. The molecule has 0 saturated carbocycles. The molecule has 0 aliphatic heterocycles. The number of aromatic amines is 2. The third-order valence-electron chi connectivity index (χ3n) is 3.76. The second-order valence-electron chi connectivity index (χ2n) is 5.28. The Kier molecular flexibility index (Phi) is 3.62. The molecule has 0 aliphatic carbocycles. The van der Waals surface area contributed by atoms with E-state index in [1.807, 2.05) is 48.5 Å². The van der Waals surface area contributed by atoms with Gasteiger partial charge in [-0.3, -0.25) is 20.3 Å². The Hall–Kier alpha value is -3.68. The molecule has 4 rings (SSSR count). The lowest BCUT2D eigenvalue weighted by Crippen LogP contribution is -2.13. The van der Waals surface area contributed by atoms with Crippen molar-refractivity contribution < 1.29 is 9.53 Å². The molecular weight excluding hydrogens is 320 g/mol. The highest BCUT2D eigenvalue weighted by Gasteiger charge is 2.17. The number of H-pyrrole nitrogens is 2. The number of hydrogen-bond acceptors (Lipinski definition) is 5. The normalized spacial score (nSPS) is 10.8. The van der Waals surface area contributed by atoms with Gasteiger partial charge in [0.15, 0.2) is 11.5 Å². The first-order valence-corrected chi connectivity index (χ1v) is 7.56. The molecule has 3 N–H and O–H groups in total. The number of aromatic nitrogens is 5. The average Bonchev–Trinajstić information content (AvgIpc) is 3.28. The Balaban J connectivity index is 1.60. The predicted octanol–water partition coefficient (Wildman–Crippen LogP) is 2.61. The number of benzene rings is 2. The van der Waals surface area contributed by atoms with Crippen LogP contribution in [0.1, 0.15) is 10.5 Å². The summed E-state index contributed by atoms with van der Waals surface area (Å²) in [5.41, 5.74) is 1.83. The summed E-state index contributed by atoms with van der Waals surface area (Å²) in [4.78, 5) is 16.7. The molecule has 0 radical (unpaired) electrons. The number of carbonyl (C=O) groups is 1. The zero-order valence-corrected chi connectivity index (χ0v) is 13.3. The van der Waals surface area contributed by atoms with Crippen LogP contribution in [0.3, 0.4) is 0 Å². The summed E-state index contributed by atoms with van der Waals surface area (Å²) in [7, 11) is 1.58. The van der Waals surface area contributed by atoms with Crippen molar-refractivity contribution in [3.8, 4) is 17.1 Å². The van der Waals surface area contributed by atoms with E-state index < -0.39 is 0 Å². The van der Waals surface area contributed by atoms with Crippen LogP contribution in [0.25, 0.3) is 22.3 Å². The Morgan fingerprint density at radius 1 is 1.04 bits per heavy atom. The molecule has 1 amide bonds. The van der Waals surface area contributed by atoms with Crippen molar-refractivity contribution >= 4 is 22.8 Å². The Labute approximate surface area is 142 Å². The van der Waals surface area contributed by atoms with E-state index in [2.05, 4.69) is 30.7 Å². The highest BCUT2D eigenvalue weighted by Crippen LogP contribution is 2.27. The van der Waals surface area contributed by atoms with Gasteiger partial charge < -0.3 is 4.74 Å². The lowest BCUT2D eigenvalue weighted by Gasteiger charge is -2.04. The van der Waals surface area contributed by atoms with Crippen LogP contribution in [0.15, 0.2) is 48.5 Å². The number of ether oxygens (including phenoxy) is 1. The molecule has 25 heavy (non-hydrogen) atoms. The van der Waals surface area contributed by atoms with Crippen LogP contribution in [-0.2, 0) is 0 Å². The lowest BCUT2D eigenvalue weighted by molar-refractivity contribution is 0.102. The number of carbonyl (C=O) groups excluding carboxylic acids is 1. The monoisotopic (exact) mass is 334 g/mol. The van der Waals surface area contributed by atoms with Crippen molar-refractivity contribution in [2.75, 3.05) is 12.4 Å². The van der Waals surface area contributed by atoms with Crippen LogP contribution in [0, 0.1) is 0 Å². The number of rotatable bonds is 4. The summed E-state index contributed by atoms with van der Waals surface area (Å²) in [5.74, 6) is 0.940. The van der Waals surface area contributed by atoms with Gasteiger partial charge in [-0.2, -0.15) is 10.1 Å². The smallest absolute Gasteiger partial charge is 0.279 e. The predicted molar refractivity (Wildman–Crippen MR) is 92.4 cm³/mol. The molecule has 8 heteroatoms. The van der Waals surface area contributed by atoms with Crippen molar-refractivity contribution in [1.82, 2.24) is 25.4 Å². The Bertz CT molecular complexity index is 1050. The number of anilines is 1. The molecule has 0 bridgehead atoms. The van der Waals surface area contributed by atoms with E-state index >= 15 is 0 Å². The topological polar surface area (TPSA) is 109 Å².